The summed E-state index contributed by atoms with van der Waals surface area (Å²) in [5.41, 5.74) is 0. The van der Waals surface area contributed by atoms with Crippen molar-refractivity contribution in [2.45, 2.75) is 25.8 Å². The Morgan fingerprint density at radius 3 is 2.61 bits per heavy atom. The largest absolute Gasteiger partial charge is 0.379 e. The maximum absolute atomic E-state index is 12.0. The first-order chi connectivity index (χ1) is 8.65. The van der Waals surface area contributed by atoms with Crippen molar-refractivity contribution in [3.8, 4) is 0 Å². The number of nitrogens with one attached hydrogen (secondary N) is 1. The van der Waals surface area contributed by atoms with Crippen molar-refractivity contribution in [2.75, 3.05) is 53.5 Å². The number of nitrogens with zero attached hydrogens (tertiary/aromatic N) is 2. The van der Waals surface area contributed by atoms with E-state index in [0.717, 1.165) is 52.2 Å². The highest BCUT2D eigenvalue weighted by Crippen LogP contribution is 2.03. The first-order valence-electron chi connectivity index (χ1n) is 6.89. The molecule has 1 aliphatic rings. The van der Waals surface area contributed by atoms with Gasteiger partial charge in [-0.05, 0) is 20.5 Å². The maximum Gasteiger partial charge on any atom is 0.237 e. The van der Waals surface area contributed by atoms with Crippen molar-refractivity contribution in [3.05, 3.63) is 0 Å². The van der Waals surface area contributed by atoms with Crippen LogP contribution in [0, 0.1) is 0 Å². The van der Waals surface area contributed by atoms with Crippen LogP contribution >= 0.6 is 0 Å². The Morgan fingerprint density at radius 2 is 2.06 bits per heavy atom. The van der Waals surface area contributed by atoms with E-state index < -0.39 is 0 Å². The molecule has 18 heavy (non-hydrogen) atoms. The van der Waals surface area contributed by atoms with E-state index >= 15 is 0 Å². The van der Waals surface area contributed by atoms with Crippen molar-refractivity contribution in [3.63, 3.8) is 0 Å². The molecule has 0 aliphatic carbocycles. The van der Waals surface area contributed by atoms with Crippen LogP contribution in [0.15, 0.2) is 0 Å². The summed E-state index contributed by atoms with van der Waals surface area (Å²) in [6, 6.07) is -0.000288. The molecule has 0 aromatic heterocycles. The van der Waals surface area contributed by atoms with Gasteiger partial charge in [-0.2, -0.15) is 0 Å². The number of morpholine rings is 1. The third-order valence-electron chi connectivity index (χ3n) is 3.32. The van der Waals surface area contributed by atoms with Crippen LogP contribution in [0.25, 0.3) is 0 Å². The molecule has 1 amide bonds. The fraction of sp³-hybridized carbons (Fsp3) is 0.923. The summed E-state index contributed by atoms with van der Waals surface area (Å²) in [5.74, 6) is 0.148. The van der Waals surface area contributed by atoms with E-state index in [1.165, 1.54) is 0 Å². The van der Waals surface area contributed by atoms with E-state index in [0.29, 0.717) is 0 Å². The van der Waals surface area contributed by atoms with Gasteiger partial charge < -0.3 is 10.1 Å². The average Bonchev–Trinajstić information content (AvgIpc) is 2.36. The molecule has 0 aromatic carbocycles. The Balaban J connectivity index is 2.21. The molecule has 0 spiro atoms. The molecule has 1 heterocycles. The maximum atomic E-state index is 12.0. The topological polar surface area (TPSA) is 44.8 Å². The molecule has 1 N–H and O–H groups in total. The SMILES string of the molecule is CCC[C@@H](C(=O)NCCN1CCOCC1)N(C)C. The Kier molecular flexibility index (Phi) is 7.23. The van der Waals surface area contributed by atoms with Crippen molar-refractivity contribution in [1.82, 2.24) is 15.1 Å². The summed E-state index contributed by atoms with van der Waals surface area (Å²) in [7, 11) is 3.92. The van der Waals surface area contributed by atoms with Gasteiger partial charge in [-0.3, -0.25) is 14.6 Å². The molecular formula is C13H27N3O2. The van der Waals surface area contributed by atoms with Crippen LogP contribution in [0.2, 0.25) is 0 Å². The number of rotatable bonds is 7. The van der Waals surface area contributed by atoms with E-state index in [4.69, 9.17) is 4.74 Å². The third kappa shape index (κ3) is 5.33. The minimum absolute atomic E-state index is 0.000288. The lowest BCUT2D eigenvalue weighted by atomic mass is 10.1. The summed E-state index contributed by atoms with van der Waals surface area (Å²) in [5, 5.41) is 3.03. The van der Waals surface area contributed by atoms with E-state index in [2.05, 4.69) is 17.1 Å². The van der Waals surface area contributed by atoms with Crippen LogP contribution in [0.1, 0.15) is 19.8 Å². The van der Waals surface area contributed by atoms with Gasteiger partial charge in [0.25, 0.3) is 0 Å². The van der Waals surface area contributed by atoms with Gasteiger partial charge in [0.1, 0.15) is 0 Å². The Labute approximate surface area is 110 Å². The highest BCUT2D eigenvalue weighted by molar-refractivity contribution is 5.81. The van der Waals surface area contributed by atoms with Crippen molar-refractivity contribution in [1.29, 1.82) is 0 Å². The van der Waals surface area contributed by atoms with Crippen molar-refractivity contribution in [2.24, 2.45) is 0 Å². The zero-order valence-corrected chi connectivity index (χ0v) is 11.9. The Bertz CT molecular complexity index is 240. The number of hydrogen-bond acceptors (Lipinski definition) is 4. The first kappa shape index (κ1) is 15.4. The average molecular weight is 257 g/mol. The van der Waals surface area contributed by atoms with E-state index in [9.17, 15) is 4.79 Å². The molecule has 1 fully saturated rings. The van der Waals surface area contributed by atoms with Crippen LogP contribution in [-0.4, -0.2) is 75.2 Å². The standard InChI is InChI=1S/C13H27N3O2/c1-4-5-12(15(2)3)13(17)14-6-7-16-8-10-18-11-9-16/h12H,4-11H2,1-3H3,(H,14,17)/t12-/m0/s1. The van der Waals surface area contributed by atoms with Crippen molar-refractivity contribution >= 4 is 5.91 Å². The van der Waals surface area contributed by atoms with Gasteiger partial charge in [0.15, 0.2) is 0 Å². The summed E-state index contributed by atoms with van der Waals surface area (Å²) in [6.07, 6.45) is 1.94. The molecule has 0 bridgehead atoms. The predicted octanol–water partition coefficient (Wildman–Crippen LogP) is 0.165. The van der Waals surface area contributed by atoms with E-state index in [1.807, 2.05) is 19.0 Å². The van der Waals surface area contributed by atoms with Gasteiger partial charge >= 0.3 is 0 Å². The van der Waals surface area contributed by atoms with Gasteiger partial charge in [-0.15, -0.1) is 0 Å². The molecule has 5 nitrogen and oxygen atoms in total. The molecule has 0 radical (unpaired) electrons. The van der Waals surface area contributed by atoms with Crippen LogP contribution in [0.3, 0.4) is 0 Å². The zero-order chi connectivity index (χ0) is 13.4. The lowest BCUT2D eigenvalue weighted by Gasteiger charge is -2.27. The Morgan fingerprint density at radius 1 is 1.39 bits per heavy atom. The molecule has 1 atom stereocenters. The van der Waals surface area contributed by atoms with E-state index in [1.54, 1.807) is 0 Å². The molecule has 0 aromatic rings. The van der Waals surface area contributed by atoms with Crippen LogP contribution in [0.5, 0.6) is 0 Å². The fourth-order valence-corrected chi connectivity index (χ4v) is 2.18. The van der Waals surface area contributed by atoms with Gasteiger partial charge in [0, 0.05) is 26.2 Å². The zero-order valence-electron chi connectivity index (χ0n) is 11.9. The first-order valence-corrected chi connectivity index (χ1v) is 6.89. The predicted molar refractivity (Wildman–Crippen MR) is 72.7 cm³/mol. The molecule has 1 saturated heterocycles. The quantitative estimate of drug-likeness (QED) is 0.706. The minimum Gasteiger partial charge on any atom is -0.379 e. The molecular weight excluding hydrogens is 230 g/mol. The lowest BCUT2D eigenvalue weighted by Crippen LogP contribution is -2.46. The fourth-order valence-electron chi connectivity index (χ4n) is 2.18. The van der Waals surface area contributed by atoms with Crippen LogP contribution < -0.4 is 5.32 Å². The second-order valence-corrected chi connectivity index (χ2v) is 5.01. The third-order valence-corrected chi connectivity index (χ3v) is 3.32. The van der Waals surface area contributed by atoms with E-state index in [-0.39, 0.29) is 11.9 Å². The van der Waals surface area contributed by atoms with Gasteiger partial charge in [-0.25, -0.2) is 0 Å². The van der Waals surface area contributed by atoms with Crippen molar-refractivity contribution < 1.29 is 9.53 Å². The number of likely N-dealkylation sites (N-methyl/N-ethyl adjacent to an activating group) is 1. The number of carbonyl (C=O) groups is 1. The minimum atomic E-state index is -0.000288. The van der Waals surface area contributed by atoms with Gasteiger partial charge in [-0.1, -0.05) is 13.3 Å². The molecule has 0 unspecified atom stereocenters. The summed E-state index contributed by atoms with van der Waals surface area (Å²) in [4.78, 5) is 16.3. The molecule has 0 saturated carbocycles. The Hall–Kier alpha value is -0.650. The summed E-state index contributed by atoms with van der Waals surface area (Å²) < 4.78 is 5.29. The smallest absolute Gasteiger partial charge is 0.237 e. The van der Waals surface area contributed by atoms with Gasteiger partial charge in [0.05, 0.1) is 19.3 Å². The number of ether oxygens (including phenoxy) is 1. The summed E-state index contributed by atoms with van der Waals surface area (Å²) >= 11 is 0. The monoisotopic (exact) mass is 257 g/mol. The molecule has 1 rings (SSSR count). The highest BCUT2D eigenvalue weighted by Gasteiger charge is 2.19. The number of hydrogen-bond donors (Lipinski definition) is 1. The van der Waals surface area contributed by atoms with Gasteiger partial charge in [0.2, 0.25) is 5.91 Å². The summed E-state index contributed by atoms with van der Waals surface area (Å²) in [6.45, 7) is 7.32. The second-order valence-electron chi connectivity index (χ2n) is 5.01. The highest BCUT2D eigenvalue weighted by atomic mass is 16.5. The molecule has 5 heteroatoms. The van der Waals surface area contributed by atoms with Crippen LogP contribution in [-0.2, 0) is 9.53 Å². The number of amides is 1. The molecule has 106 valence electrons. The second kappa shape index (κ2) is 8.45. The number of carbonyl (C=O) groups excluding carboxylic acids is 1. The lowest BCUT2D eigenvalue weighted by molar-refractivity contribution is -0.125. The normalized spacial score (nSPS) is 18.9. The molecule has 1 aliphatic heterocycles. The van der Waals surface area contributed by atoms with Crippen LogP contribution in [0.4, 0.5) is 0 Å².